The van der Waals surface area contributed by atoms with Crippen LogP contribution >= 0.6 is 0 Å². The van der Waals surface area contributed by atoms with Gasteiger partial charge < -0.3 is 10.4 Å². The topological polar surface area (TPSA) is 72.9 Å². The lowest BCUT2D eigenvalue weighted by molar-refractivity contribution is -0.139. The number of nitrogens with zero attached hydrogens (tertiary/aromatic N) is 2. The Morgan fingerprint density at radius 1 is 1.29 bits per heavy atom. The Labute approximate surface area is 143 Å². The highest BCUT2D eigenvalue weighted by atomic mass is 16.4. The molecule has 0 aromatic heterocycles. The number of anilines is 1. The molecule has 1 aromatic carbocycles. The summed E-state index contributed by atoms with van der Waals surface area (Å²) in [5.41, 5.74) is 1.91. The zero-order valence-electron chi connectivity index (χ0n) is 14.5. The third-order valence-corrected chi connectivity index (χ3v) is 4.60. The zero-order chi connectivity index (χ0) is 17.5. The van der Waals surface area contributed by atoms with Gasteiger partial charge in [0.15, 0.2) is 0 Å². The number of likely N-dealkylation sites (tertiary alicyclic amines) is 1. The van der Waals surface area contributed by atoms with Gasteiger partial charge in [0, 0.05) is 24.8 Å². The van der Waals surface area contributed by atoms with Crippen molar-refractivity contribution in [3.63, 3.8) is 0 Å². The highest BCUT2D eigenvalue weighted by Crippen LogP contribution is 2.17. The summed E-state index contributed by atoms with van der Waals surface area (Å²) in [6.07, 6.45) is 1.80. The van der Waals surface area contributed by atoms with E-state index in [1.54, 1.807) is 0 Å². The van der Waals surface area contributed by atoms with Crippen LogP contribution in [0.2, 0.25) is 0 Å². The minimum atomic E-state index is -0.781. The number of rotatable bonds is 7. The minimum absolute atomic E-state index is 0.000587. The summed E-state index contributed by atoms with van der Waals surface area (Å²) in [5, 5.41) is 11.9. The molecule has 6 nitrogen and oxygen atoms in total. The van der Waals surface area contributed by atoms with Crippen LogP contribution in [0.1, 0.15) is 25.3 Å². The fourth-order valence-corrected chi connectivity index (χ4v) is 3.22. The highest BCUT2D eigenvalue weighted by Gasteiger charge is 2.25. The fraction of sp³-hybridized carbons (Fsp3) is 0.556. The number of nitrogens with one attached hydrogen (secondary N) is 1. The van der Waals surface area contributed by atoms with E-state index in [4.69, 9.17) is 5.11 Å². The van der Waals surface area contributed by atoms with Crippen LogP contribution in [0.3, 0.4) is 0 Å². The first-order chi connectivity index (χ1) is 11.5. The van der Waals surface area contributed by atoms with Crippen LogP contribution in [0.4, 0.5) is 5.69 Å². The average molecular weight is 333 g/mol. The first-order valence-corrected chi connectivity index (χ1v) is 8.53. The number of likely N-dealkylation sites (N-methyl/N-ethyl adjacent to an activating group) is 1. The van der Waals surface area contributed by atoms with Gasteiger partial charge >= 0.3 is 5.97 Å². The number of hydrogen-bond acceptors (Lipinski definition) is 4. The molecule has 2 N–H and O–H groups in total. The van der Waals surface area contributed by atoms with E-state index in [9.17, 15) is 9.59 Å². The second kappa shape index (κ2) is 8.80. The third-order valence-electron chi connectivity index (χ3n) is 4.60. The minimum Gasteiger partial charge on any atom is -0.480 e. The number of piperidine rings is 1. The van der Waals surface area contributed by atoms with Crippen molar-refractivity contribution in [1.29, 1.82) is 0 Å². The van der Waals surface area contributed by atoms with Crippen molar-refractivity contribution in [1.82, 2.24) is 9.80 Å². The van der Waals surface area contributed by atoms with E-state index in [0.29, 0.717) is 12.6 Å². The van der Waals surface area contributed by atoms with Crippen LogP contribution < -0.4 is 5.32 Å². The second-order valence-electron chi connectivity index (χ2n) is 6.33. The van der Waals surface area contributed by atoms with Crippen molar-refractivity contribution in [3.8, 4) is 0 Å². The molecular weight excluding hydrogens is 306 g/mol. The van der Waals surface area contributed by atoms with E-state index in [-0.39, 0.29) is 12.5 Å². The monoisotopic (exact) mass is 333 g/mol. The zero-order valence-corrected chi connectivity index (χ0v) is 14.5. The van der Waals surface area contributed by atoms with Crippen LogP contribution in [0, 0.1) is 6.92 Å². The van der Waals surface area contributed by atoms with Crippen molar-refractivity contribution in [2.75, 3.05) is 38.0 Å². The first kappa shape index (κ1) is 18.4. The number of para-hydroxylation sites is 1. The molecule has 1 aliphatic heterocycles. The summed E-state index contributed by atoms with van der Waals surface area (Å²) in [7, 11) is 0. The van der Waals surface area contributed by atoms with E-state index >= 15 is 0 Å². The largest absolute Gasteiger partial charge is 0.480 e. The Balaban J connectivity index is 1.79. The van der Waals surface area contributed by atoms with Crippen LogP contribution in [0.25, 0.3) is 0 Å². The van der Waals surface area contributed by atoms with Gasteiger partial charge in [0.1, 0.15) is 0 Å². The van der Waals surface area contributed by atoms with Crippen LogP contribution in [-0.4, -0.2) is 65.5 Å². The summed E-state index contributed by atoms with van der Waals surface area (Å²) in [6.45, 7) is 6.82. The smallest absolute Gasteiger partial charge is 0.317 e. The number of carbonyl (C=O) groups is 2. The summed E-state index contributed by atoms with van der Waals surface area (Å²) < 4.78 is 0. The Morgan fingerprint density at radius 3 is 2.54 bits per heavy atom. The van der Waals surface area contributed by atoms with Gasteiger partial charge in [-0.15, -0.1) is 0 Å². The van der Waals surface area contributed by atoms with Gasteiger partial charge in [0.2, 0.25) is 5.91 Å². The predicted octanol–water partition coefficient (Wildman–Crippen LogP) is 1.80. The molecule has 0 aliphatic carbocycles. The molecule has 24 heavy (non-hydrogen) atoms. The van der Waals surface area contributed by atoms with Crippen molar-refractivity contribution in [2.45, 2.75) is 32.7 Å². The van der Waals surface area contributed by atoms with Crippen molar-refractivity contribution in [3.05, 3.63) is 29.8 Å². The van der Waals surface area contributed by atoms with Gasteiger partial charge in [-0.2, -0.15) is 0 Å². The quantitative estimate of drug-likeness (QED) is 0.796. The predicted molar refractivity (Wildman–Crippen MR) is 94.2 cm³/mol. The number of aliphatic carboxylic acids is 1. The number of carbonyl (C=O) groups excluding carboxylic acids is 1. The van der Waals surface area contributed by atoms with Crippen molar-refractivity contribution >= 4 is 17.6 Å². The van der Waals surface area contributed by atoms with Crippen LogP contribution in [0.5, 0.6) is 0 Å². The number of aryl methyl sites for hydroxylation is 1. The van der Waals surface area contributed by atoms with Gasteiger partial charge in [-0.3, -0.25) is 19.4 Å². The molecule has 0 bridgehead atoms. The van der Waals surface area contributed by atoms with Gasteiger partial charge in [-0.05, 0) is 37.9 Å². The molecular formula is C18H27N3O3. The maximum atomic E-state index is 12.2. The summed E-state index contributed by atoms with van der Waals surface area (Å²) in [6, 6.07) is 8.04. The highest BCUT2D eigenvalue weighted by molar-refractivity contribution is 5.92. The van der Waals surface area contributed by atoms with E-state index in [2.05, 4.69) is 10.2 Å². The van der Waals surface area contributed by atoms with E-state index < -0.39 is 5.97 Å². The molecule has 1 fully saturated rings. The Hall–Kier alpha value is -1.92. The van der Waals surface area contributed by atoms with Gasteiger partial charge in [-0.25, -0.2) is 0 Å². The maximum absolute atomic E-state index is 12.2. The molecule has 0 atom stereocenters. The Morgan fingerprint density at radius 2 is 1.96 bits per heavy atom. The number of amides is 1. The lowest BCUT2D eigenvalue weighted by Crippen LogP contribution is -2.48. The number of hydrogen-bond donors (Lipinski definition) is 2. The molecule has 1 saturated heterocycles. The summed E-state index contributed by atoms with van der Waals surface area (Å²) in [5.74, 6) is -0.780. The van der Waals surface area contributed by atoms with E-state index in [0.717, 1.165) is 43.7 Å². The van der Waals surface area contributed by atoms with Gasteiger partial charge in [-0.1, -0.05) is 25.1 Å². The molecule has 1 amide bonds. The van der Waals surface area contributed by atoms with Crippen LogP contribution in [0.15, 0.2) is 24.3 Å². The standard InChI is InChI=1S/C18H27N3O3/c1-3-21(13-18(23)24)15-8-10-20(11-9-15)12-17(22)19-16-7-5-4-6-14(16)2/h4-7,15H,3,8-13H2,1-2H3,(H,19,22)(H,23,24). The SMILES string of the molecule is CCN(CC(=O)O)C1CCN(CC(=O)Nc2ccccc2C)CC1. The van der Waals surface area contributed by atoms with Crippen molar-refractivity contribution < 1.29 is 14.7 Å². The summed E-state index contributed by atoms with van der Waals surface area (Å²) >= 11 is 0. The number of benzene rings is 1. The lowest BCUT2D eigenvalue weighted by atomic mass is 10.0. The molecule has 0 unspecified atom stereocenters. The second-order valence-corrected chi connectivity index (χ2v) is 6.33. The molecule has 1 heterocycles. The van der Waals surface area contributed by atoms with Crippen molar-refractivity contribution in [2.24, 2.45) is 0 Å². The average Bonchev–Trinajstić information content (AvgIpc) is 2.55. The Kier molecular flexibility index (Phi) is 6.75. The molecule has 1 aromatic rings. The maximum Gasteiger partial charge on any atom is 0.317 e. The molecule has 1 aliphatic rings. The van der Waals surface area contributed by atoms with E-state index in [1.165, 1.54) is 0 Å². The normalized spacial score (nSPS) is 16.3. The molecule has 0 saturated carbocycles. The number of carboxylic acid groups (broad SMARTS) is 1. The van der Waals surface area contributed by atoms with Crippen LogP contribution in [-0.2, 0) is 9.59 Å². The first-order valence-electron chi connectivity index (χ1n) is 8.53. The Bertz CT molecular complexity index is 568. The molecule has 6 heteroatoms. The number of carboxylic acids is 1. The van der Waals surface area contributed by atoms with Gasteiger partial charge in [0.05, 0.1) is 13.1 Å². The summed E-state index contributed by atoms with van der Waals surface area (Å²) in [4.78, 5) is 27.3. The molecule has 132 valence electrons. The molecule has 2 rings (SSSR count). The molecule has 0 radical (unpaired) electrons. The van der Waals surface area contributed by atoms with E-state index in [1.807, 2.05) is 43.0 Å². The lowest BCUT2D eigenvalue weighted by Gasteiger charge is -2.37. The molecule has 0 spiro atoms. The van der Waals surface area contributed by atoms with Gasteiger partial charge in [0.25, 0.3) is 0 Å². The fourth-order valence-electron chi connectivity index (χ4n) is 3.22. The third kappa shape index (κ3) is 5.32.